The third-order valence-electron chi connectivity index (χ3n) is 1.55. The smallest absolute Gasteiger partial charge is 0.0843 e. The van der Waals surface area contributed by atoms with Gasteiger partial charge in [0.25, 0.3) is 0 Å². The molecular weight excluding hydrogens is 365 g/mol. The van der Waals surface area contributed by atoms with E-state index in [1.54, 1.807) is 24.3 Å². The number of hydrogen-bond donors (Lipinski definition) is 0. The van der Waals surface area contributed by atoms with Crippen molar-refractivity contribution >= 4 is 81.4 Å². The average Bonchev–Trinajstić information content (AvgIpc) is 2.30. The van der Waals surface area contributed by atoms with E-state index >= 15 is 0 Å². The highest BCUT2D eigenvalue weighted by Gasteiger charge is 2.11. The summed E-state index contributed by atoms with van der Waals surface area (Å²) < 4.78 is 0.143. The lowest BCUT2D eigenvalue weighted by atomic mass is 10.4. The summed E-state index contributed by atoms with van der Waals surface area (Å²) in [7, 11) is 0. The molecule has 1 aromatic rings. The van der Waals surface area contributed by atoms with Crippen molar-refractivity contribution in [3.63, 3.8) is 0 Å². The first-order valence-corrected chi connectivity index (χ1v) is 7.20. The molecule has 0 N–H and O–H groups in total. The third-order valence-corrected chi connectivity index (χ3v) is 4.75. The molecule has 0 amide bonds. The lowest BCUT2D eigenvalue weighted by molar-refractivity contribution is 1.47. The molecule has 0 spiro atoms. The van der Waals surface area contributed by atoms with Gasteiger partial charge in [0.05, 0.1) is 14.4 Å². The van der Waals surface area contributed by atoms with Crippen molar-refractivity contribution in [2.24, 2.45) is 0 Å². The molecule has 0 nitrogen and oxygen atoms in total. The van der Waals surface area contributed by atoms with Crippen molar-refractivity contribution in [2.45, 2.75) is 4.90 Å². The zero-order valence-electron chi connectivity index (χ0n) is 7.99. The van der Waals surface area contributed by atoms with Crippen molar-refractivity contribution in [1.29, 1.82) is 0 Å². The summed E-state index contributed by atoms with van der Waals surface area (Å²) in [5, 5.41) is 0.761. The van der Waals surface area contributed by atoms with Crippen LogP contribution in [-0.4, -0.2) is 0 Å². The topological polar surface area (TPSA) is 0 Å². The van der Waals surface area contributed by atoms with Crippen LogP contribution in [0.2, 0.25) is 5.02 Å². The Labute approximate surface area is 133 Å². The zero-order valence-corrected chi connectivity index (χ0v) is 13.3. The van der Waals surface area contributed by atoms with Crippen LogP contribution in [0.4, 0.5) is 0 Å². The minimum Gasteiger partial charge on any atom is -0.0843 e. The number of halogens is 6. The lowest BCUT2D eigenvalue weighted by Gasteiger charge is -2.03. The molecule has 0 aromatic heterocycles. The second-order valence-electron chi connectivity index (χ2n) is 2.72. The van der Waals surface area contributed by atoms with Crippen LogP contribution >= 0.6 is 81.4 Å². The van der Waals surface area contributed by atoms with Gasteiger partial charge in [0.1, 0.15) is 4.49 Å². The van der Waals surface area contributed by atoms with E-state index in [1.807, 2.05) is 0 Å². The molecule has 0 bridgehead atoms. The van der Waals surface area contributed by atoms with E-state index in [0.717, 1.165) is 4.90 Å². The summed E-state index contributed by atoms with van der Waals surface area (Å²) in [5.74, 6) is 0. The zero-order chi connectivity index (χ0) is 13.0. The molecule has 0 heterocycles. The Morgan fingerprint density at radius 2 is 1.35 bits per heavy atom. The van der Waals surface area contributed by atoms with Crippen LogP contribution < -0.4 is 0 Å². The van der Waals surface area contributed by atoms with E-state index in [9.17, 15) is 0 Å². The first-order chi connectivity index (χ1) is 7.91. The fourth-order valence-corrected chi connectivity index (χ4v) is 2.67. The second-order valence-corrected chi connectivity index (χ2v) is 6.55. The van der Waals surface area contributed by atoms with Crippen LogP contribution in [-0.2, 0) is 0 Å². The Kier molecular flexibility index (Phi) is 6.89. The lowest BCUT2D eigenvalue weighted by Crippen LogP contribution is -1.78. The monoisotopic (exact) mass is 366 g/mol. The van der Waals surface area contributed by atoms with Gasteiger partial charge in [0.15, 0.2) is 0 Å². The Bertz CT molecular complexity index is 458. The molecule has 0 unspecified atom stereocenters. The van der Waals surface area contributed by atoms with E-state index in [0.29, 0.717) is 5.02 Å². The highest BCUT2D eigenvalue weighted by Crippen LogP contribution is 2.39. The number of allylic oxidation sites excluding steroid dienone is 2. The molecule has 0 aliphatic heterocycles. The van der Waals surface area contributed by atoms with Gasteiger partial charge in [0.2, 0.25) is 0 Å². The summed E-state index contributed by atoms with van der Waals surface area (Å²) in [6, 6.07) is 7.10. The van der Waals surface area contributed by atoms with Gasteiger partial charge in [-0.05, 0) is 24.3 Å². The molecule has 0 fully saturated rings. The highest BCUT2D eigenvalue weighted by molar-refractivity contribution is 8.04. The Hall–Kier alpha value is 0.790. The number of thioether (sulfide) groups is 1. The summed E-state index contributed by atoms with van der Waals surface area (Å²) in [6.45, 7) is 0. The van der Waals surface area contributed by atoms with Crippen molar-refractivity contribution in [3.8, 4) is 0 Å². The predicted molar refractivity (Wildman–Crippen MR) is 80.6 cm³/mol. The quantitative estimate of drug-likeness (QED) is 0.410. The molecule has 0 saturated carbocycles. The summed E-state index contributed by atoms with van der Waals surface area (Å²) >= 11 is 35.6. The van der Waals surface area contributed by atoms with Crippen LogP contribution in [0.3, 0.4) is 0 Å². The maximum absolute atomic E-state index is 5.99. The summed E-state index contributed by atoms with van der Waals surface area (Å²) in [4.78, 5) is 0.868. The van der Waals surface area contributed by atoms with E-state index < -0.39 is 0 Å². The highest BCUT2D eigenvalue weighted by atomic mass is 35.5. The van der Waals surface area contributed by atoms with Gasteiger partial charge in [-0.1, -0.05) is 81.4 Å². The van der Waals surface area contributed by atoms with Gasteiger partial charge >= 0.3 is 0 Å². The van der Waals surface area contributed by atoms with Crippen LogP contribution in [0.1, 0.15) is 0 Å². The van der Waals surface area contributed by atoms with Crippen molar-refractivity contribution < 1.29 is 0 Å². The van der Waals surface area contributed by atoms with E-state index in [2.05, 4.69) is 0 Å². The van der Waals surface area contributed by atoms with Gasteiger partial charge in [-0.15, -0.1) is 0 Å². The van der Waals surface area contributed by atoms with Gasteiger partial charge in [-0.3, -0.25) is 0 Å². The number of hydrogen-bond acceptors (Lipinski definition) is 1. The standard InChI is InChI=1S/C10H4Cl6S/c11-5-1-3-6(4-2-5)17-10(16)8(13)7(12)9(14)15/h1-4H/b10-8+. The Morgan fingerprint density at radius 3 is 1.82 bits per heavy atom. The van der Waals surface area contributed by atoms with E-state index in [4.69, 9.17) is 69.6 Å². The van der Waals surface area contributed by atoms with E-state index in [1.165, 1.54) is 11.8 Å². The first-order valence-electron chi connectivity index (χ1n) is 4.11. The maximum Gasteiger partial charge on any atom is 0.127 e. The molecular formula is C10H4Cl6S. The van der Waals surface area contributed by atoms with Crippen LogP contribution in [0.15, 0.2) is 48.1 Å². The average molecular weight is 369 g/mol. The summed E-state index contributed by atoms with van der Waals surface area (Å²) in [5.41, 5.74) is 0. The van der Waals surface area contributed by atoms with Crippen LogP contribution in [0.25, 0.3) is 0 Å². The van der Waals surface area contributed by atoms with Gasteiger partial charge in [0, 0.05) is 9.92 Å². The molecule has 0 aliphatic rings. The molecule has 1 rings (SSSR count). The molecule has 0 radical (unpaired) electrons. The second kappa shape index (κ2) is 7.40. The fourth-order valence-electron chi connectivity index (χ4n) is 0.820. The molecule has 1 aromatic carbocycles. The SMILES string of the molecule is ClC(Cl)=C(Cl)/C(Cl)=C(/Cl)Sc1ccc(Cl)cc1. The van der Waals surface area contributed by atoms with Crippen molar-refractivity contribution in [2.75, 3.05) is 0 Å². The molecule has 92 valence electrons. The molecule has 0 atom stereocenters. The summed E-state index contributed by atoms with van der Waals surface area (Å²) in [6.07, 6.45) is 0. The first kappa shape index (κ1) is 15.8. The normalized spacial score (nSPS) is 12.1. The largest absolute Gasteiger partial charge is 0.127 e. The Morgan fingerprint density at radius 1 is 0.824 bits per heavy atom. The van der Waals surface area contributed by atoms with Crippen LogP contribution in [0, 0.1) is 0 Å². The van der Waals surface area contributed by atoms with Gasteiger partial charge in [-0.25, -0.2) is 0 Å². The minimum atomic E-state index is -0.133. The van der Waals surface area contributed by atoms with Crippen molar-refractivity contribution in [1.82, 2.24) is 0 Å². The van der Waals surface area contributed by atoms with Gasteiger partial charge in [-0.2, -0.15) is 0 Å². The maximum atomic E-state index is 5.99. The third kappa shape index (κ3) is 5.12. The number of benzene rings is 1. The van der Waals surface area contributed by atoms with Crippen molar-refractivity contribution in [3.05, 3.63) is 48.2 Å². The van der Waals surface area contributed by atoms with Crippen LogP contribution in [0.5, 0.6) is 0 Å². The molecule has 0 saturated heterocycles. The van der Waals surface area contributed by atoms with E-state index in [-0.39, 0.29) is 18.9 Å². The molecule has 0 aliphatic carbocycles. The Balaban J connectivity index is 2.92. The molecule has 17 heavy (non-hydrogen) atoms. The fraction of sp³-hybridized carbons (Fsp3) is 0. The number of rotatable bonds is 3. The molecule has 7 heteroatoms. The minimum absolute atomic E-state index is 0.0152. The predicted octanol–water partition coefficient (Wildman–Crippen LogP) is 6.96. The van der Waals surface area contributed by atoms with Gasteiger partial charge < -0.3 is 0 Å².